The summed E-state index contributed by atoms with van der Waals surface area (Å²) < 4.78 is 5.69. The third-order valence-corrected chi connectivity index (χ3v) is 2.66. The minimum atomic E-state index is 0.247. The van der Waals surface area contributed by atoms with Gasteiger partial charge in [-0.1, -0.05) is 6.92 Å². The van der Waals surface area contributed by atoms with Crippen molar-refractivity contribution in [1.82, 2.24) is 0 Å². The van der Waals surface area contributed by atoms with Gasteiger partial charge in [-0.15, -0.1) is 11.8 Å². The van der Waals surface area contributed by atoms with E-state index in [1.807, 2.05) is 0 Å². The van der Waals surface area contributed by atoms with Crippen molar-refractivity contribution in [3.63, 3.8) is 0 Å². The minimum absolute atomic E-state index is 0.247. The van der Waals surface area contributed by atoms with Crippen molar-refractivity contribution in [2.24, 2.45) is 0 Å². The molecule has 1 rings (SSSR count). The van der Waals surface area contributed by atoms with Crippen LogP contribution in [-0.2, 0) is 6.42 Å². The molecule has 0 unspecified atom stereocenters. The highest BCUT2D eigenvalue weighted by Gasteiger charge is 2.02. The third-order valence-electron chi connectivity index (χ3n) is 1.96. The Morgan fingerprint density at radius 1 is 1.29 bits per heavy atom. The molecule has 0 radical (unpaired) electrons. The predicted molar refractivity (Wildman–Crippen MR) is 63.4 cm³/mol. The lowest BCUT2D eigenvalue weighted by molar-refractivity contribution is 0.241. The zero-order chi connectivity index (χ0) is 10.6. The Bertz CT molecular complexity index is 272. The van der Waals surface area contributed by atoms with Crippen molar-refractivity contribution >= 4 is 11.8 Å². The van der Waals surface area contributed by atoms with Gasteiger partial charge in [0.1, 0.15) is 5.75 Å². The Labute approximate surface area is 90.9 Å². The van der Waals surface area contributed by atoms with E-state index >= 15 is 0 Å². The third kappa shape index (κ3) is 3.26. The lowest BCUT2D eigenvalue weighted by atomic mass is 10.1. The predicted octanol–water partition coefficient (Wildman–Crippen LogP) is 3.76. The van der Waals surface area contributed by atoms with Crippen molar-refractivity contribution in [1.29, 1.82) is 0 Å². The first-order chi connectivity index (χ1) is 6.65. The van der Waals surface area contributed by atoms with Crippen LogP contribution in [0, 0.1) is 0 Å². The molecule has 78 valence electrons. The van der Waals surface area contributed by atoms with Crippen LogP contribution in [0.4, 0.5) is 0 Å². The molecule has 1 aromatic rings. The summed E-state index contributed by atoms with van der Waals surface area (Å²) in [6, 6.07) is 6.45. The van der Waals surface area contributed by atoms with Crippen molar-refractivity contribution in [3.05, 3.63) is 23.8 Å². The molecule has 0 spiro atoms. The molecule has 0 heterocycles. The molecule has 0 saturated carbocycles. The average Bonchev–Trinajstić information content (AvgIpc) is 2.16. The van der Waals surface area contributed by atoms with Crippen molar-refractivity contribution < 1.29 is 4.74 Å². The summed E-state index contributed by atoms with van der Waals surface area (Å²) >= 11 is 1.76. The standard InChI is InChI=1S/C12H18OS/c1-5-10-6-11(13-9(2)3)8-12(7-10)14-4/h6-9H,5H2,1-4H3. The first kappa shape index (κ1) is 11.4. The van der Waals surface area contributed by atoms with Gasteiger partial charge in [0.15, 0.2) is 0 Å². The molecule has 0 amide bonds. The summed E-state index contributed by atoms with van der Waals surface area (Å²) in [5.74, 6) is 0.990. The second-order valence-electron chi connectivity index (χ2n) is 3.54. The molecule has 0 aliphatic heterocycles. The van der Waals surface area contributed by atoms with Crippen LogP contribution in [0.5, 0.6) is 5.75 Å². The van der Waals surface area contributed by atoms with Crippen LogP contribution in [0.3, 0.4) is 0 Å². The summed E-state index contributed by atoms with van der Waals surface area (Å²) in [5.41, 5.74) is 1.34. The maximum Gasteiger partial charge on any atom is 0.121 e. The molecule has 2 heteroatoms. The molecule has 0 N–H and O–H groups in total. The van der Waals surface area contributed by atoms with Crippen LogP contribution in [0.25, 0.3) is 0 Å². The Morgan fingerprint density at radius 2 is 2.00 bits per heavy atom. The van der Waals surface area contributed by atoms with Crippen LogP contribution < -0.4 is 4.74 Å². The fourth-order valence-corrected chi connectivity index (χ4v) is 1.80. The minimum Gasteiger partial charge on any atom is -0.491 e. The lowest BCUT2D eigenvalue weighted by Gasteiger charge is -2.12. The highest BCUT2D eigenvalue weighted by atomic mass is 32.2. The maximum atomic E-state index is 5.69. The van der Waals surface area contributed by atoms with Gasteiger partial charge in [0.05, 0.1) is 6.10 Å². The monoisotopic (exact) mass is 210 g/mol. The number of hydrogen-bond acceptors (Lipinski definition) is 2. The number of ether oxygens (including phenoxy) is 1. The number of hydrogen-bond donors (Lipinski definition) is 0. The second kappa shape index (κ2) is 5.30. The van der Waals surface area contributed by atoms with E-state index in [2.05, 4.69) is 45.2 Å². The van der Waals surface area contributed by atoms with Crippen LogP contribution >= 0.6 is 11.8 Å². The van der Waals surface area contributed by atoms with Crippen molar-refractivity contribution in [2.45, 2.75) is 38.2 Å². The molecule has 14 heavy (non-hydrogen) atoms. The summed E-state index contributed by atoms with van der Waals surface area (Å²) in [6.45, 7) is 6.27. The molecule has 1 aromatic carbocycles. The van der Waals surface area contributed by atoms with Gasteiger partial charge in [-0.05, 0) is 50.3 Å². The smallest absolute Gasteiger partial charge is 0.121 e. The lowest BCUT2D eigenvalue weighted by Crippen LogP contribution is -2.05. The van der Waals surface area contributed by atoms with Crippen LogP contribution in [-0.4, -0.2) is 12.4 Å². The molecule has 0 aromatic heterocycles. The molecular formula is C12H18OS. The van der Waals surface area contributed by atoms with E-state index in [0.717, 1.165) is 12.2 Å². The van der Waals surface area contributed by atoms with E-state index < -0.39 is 0 Å². The highest BCUT2D eigenvalue weighted by molar-refractivity contribution is 7.98. The van der Waals surface area contributed by atoms with E-state index in [9.17, 15) is 0 Å². The van der Waals surface area contributed by atoms with E-state index in [-0.39, 0.29) is 6.10 Å². The van der Waals surface area contributed by atoms with Crippen molar-refractivity contribution in [2.75, 3.05) is 6.26 Å². The first-order valence-electron chi connectivity index (χ1n) is 5.00. The maximum absolute atomic E-state index is 5.69. The molecule has 1 nitrogen and oxygen atoms in total. The fourth-order valence-electron chi connectivity index (χ4n) is 1.29. The zero-order valence-corrected chi connectivity index (χ0v) is 10.1. The SMILES string of the molecule is CCc1cc(OC(C)C)cc(SC)c1. The highest BCUT2D eigenvalue weighted by Crippen LogP contribution is 2.24. The molecule has 0 bridgehead atoms. The average molecular weight is 210 g/mol. The van der Waals surface area contributed by atoms with E-state index in [1.54, 1.807) is 11.8 Å². The quantitative estimate of drug-likeness (QED) is 0.700. The zero-order valence-electron chi connectivity index (χ0n) is 9.33. The Morgan fingerprint density at radius 3 is 2.50 bits per heavy atom. The Hall–Kier alpha value is -0.630. The largest absolute Gasteiger partial charge is 0.491 e. The summed E-state index contributed by atoms with van der Waals surface area (Å²) in [7, 11) is 0. The number of benzene rings is 1. The molecular weight excluding hydrogens is 192 g/mol. The van der Waals surface area contributed by atoms with Crippen LogP contribution in [0.1, 0.15) is 26.3 Å². The molecule has 0 fully saturated rings. The summed E-state index contributed by atoms with van der Waals surface area (Å²) in [4.78, 5) is 1.28. The number of thioether (sulfide) groups is 1. The van der Waals surface area contributed by atoms with Gasteiger partial charge in [-0.2, -0.15) is 0 Å². The molecule has 0 atom stereocenters. The van der Waals surface area contributed by atoms with Gasteiger partial charge < -0.3 is 4.74 Å². The molecule has 0 aliphatic rings. The van der Waals surface area contributed by atoms with Crippen LogP contribution in [0.2, 0.25) is 0 Å². The molecule has 0 saturated heterocycles. The van der Waals surface area contributed by atoms with E-state index in [4.69, 9.17) is 4.74 Å². The van der Waals surface area contributed by atoms with Gasteiger partial charge in [-0.3, -0.25) is 0 Å². The second-order valence-corrected chi connectivity index (χ2v) is 4.42. The van der Waals surface area contributed by atoms with Gasteiger partial charge in [0, 0.05) is 4.90 Å². The Kier molecular flexibility index (Phi) is 4.33. The fraction of sp³-hybridized carbons (Fsp3) is 0.500. The number of rotatable bonds is 4. The molecule has 0 aliphatic carbocycles. The number of aryl methyl sites for hydroxylation is 1. The summed E-state index contributed by atoms with van der Waals surface area (Å²) in [6.07, 6.45) is 3.40. The normalized spacial score (nSPS) is 10.6. The van der Waals surface area contributed by atoms with Gasteiger partial charge >= 0.3 is 0 Å². The Balaban J connectivity index is 2.92. The topological polar surface area (TPSA) is 9.23 Å². The van der Waals surface area contributed by atoms with Crippen LogP contribution in [0.15, 0.2) is 23.1 Å². The van der Waals surface area contributed by atoms with Gasteiger partial charge in [-0.25, -0.2) is 0 Å². The van der Waals surface area contributed by atoms with E-state index in [1.165, 1.54) is 10.5 Å². The van der Waals surface area contributed by atoms with Crippen molar-refractivity contribution in [3.8, 4) is 5.75 Å². The van der Waals surface area contributed by atoms with Gasteiger partial charge in [0.25, 0.3) is 0 Å². The summed E-state index contributed by atoms with van der Waals surface area (Å²) in [5, 5.41) is 0. The van der Waals surface area contributed by atoms with Gasteiger partial charge in [0.2, 0.25) is 0 Å². The van der Waals surface area contributed by atoms with E-state index in [0.29, 0.717) is 0 Å². The first-order valence-corrected chi connectivity index (χ1v) is 6.22.